The van der Waals surface area contributed by atoms with Gasteiger partial charge in [-0.2, -0.15) is 0 Å². The molecule has 0 aliphatic carbocycles. The Labute approximate surface area is 195 Å². The van der Waals surface area contributed by atoms with Gasteiger partial charge < -0.3 is 4.74 Å². The average molecular weight is 439 g/mol. The maximum atomic E-state index is 12.1. The minimum absolute atomic E-state index is 0.145. The predicted molar refractivity (Wildman–Crippen MR) is 133 cm³/mol. The highest BCUT2D eigenvalue weighted by Gasteiger charge is 2.06. The molecular weight excluding hydrogens is 396 g/mol. The van der Waals surface area contributed by atoms with E-state index in [2.05, 4.69) is 23.8 Å². The Morgan fingerprint density at radius 3 is 1.88 bits per heavy atom. The Balaban J connectivity index is 1.58. The summed E-state index contributed by atoms with van der Waals surface area (Å²) in [5, 5.41) is 0. The summed E-state index contributed by atoms with van der Waals surface area (Å²) in [5.41, 5.74) is 2.84. The van der Waals surface area contributed by atoms with Crippen molar-refractivity contribution in [2.75, 3.05) is 0 Å². The number of carbonyl (C=O) groups is 1. The van der Waals surface area contributed by atoms with Crippen LogP contribution in [0.25, 0.3) is 11.3 Å². The van der Waals surface area contributed by atoms with E-state index in [1.54, 1.807) is 0 Å². The lowest BCUT2D eigenvalue weighted by molar-refractivity contribution is -0.134. The number of aryl methyl sites for hydroxylation is 1. The first kappa shape index (κ1) is 26.0. The van der Waals surface area contributed by atoms with Gasteiger partial charge in [-0.3, -0.25) is 14.8 Å². The van der Waals surface area contributed by atoms with Crippen LogP contribution in [0.1, 0.15) is 109 Å². The zero-order chi connectivity index (χ0) is 22.9. The van der Waals surface area contributed by atoms with Crippen molar-refractivity contribution in [2.24, 2.45) is 0 Å². The molecule has 1 aromatic carbocycles. The maximum Gasteiger partial charge on any atom is 0.311 e. The number of ether oxygens (including phenoxy) is 1. The molecule has 0 saturated carbocycles. The van der Waals surface area contributed by atoms with E-state index in [0.717, 1.165) is 49.1 Å². The molecule has 0 spiro atoms. The molecular formula is C28H42N2O2. The van der Waals surface area contributed by atoms with Crippen LogP contribution in [0.5, 0.6) is 5.75 Å². The average Bonchev–Trinajstić information content (AvgIpc) is 2.82. The smallest absolute Gasteiger partial charge is 0.311 e. The second-order valence-corrected chi connectivity index (χ2v) is 8.78. The fourth-order valence-electron chi connectivity index (χ4n) is 3.80. The molecule has 4 nitrogen and oxygen atoms in total. The van der Waals surface area contributed by atoms with Crippen LogP contribution in [0.4, 0.5) is 0 Å². The first-order valence-corrected chi connectivity index (χ1v) is 12.8. The van der Waals surface area contributed by atoms with E-state index >= 15 is 0 Å². The van der Waals surface area contributed by atoms with Crippen LogP contribution >= 0.6 is 0 Å². The van der Waals surface area contributed by atoms with Gasteiger partial charge in [-0.05, 0) is 43.5 Å². The summed E-state index contributed by atoms with van der Waals surface area (Å²) >= 11 is 0. The number of hydrogen-bond acceptors (Lipinski definition) is 4. The van der Waals surface area contributed by atoms with Gasteiger partial charge in [0.2, 0.25) is 0 Å². The van der Waals surface area contributed by atoms with E-state index in [1.807, 2.05) is 36.7 Å². The van der Waals surface area contributed by atoms with Crippen molar-refractivity contribution in [2.45, 2.75) is 110 Å². The highest BCUT2D eigenvalue weighted by atomic mass is 16.5. The third-order valence-electron chi connectivity index (χ3n) is 5.86. The quantitative estimate of drug-likeness (QED) is 0.142. The lowest BCUT2D eigenvalue weighted by Gasteiger charge is -2.06. The number of carbonyl (C=O) groups excluding carboxylic acids is 1. The van der Waals surface area contributed by atoms with Gasteiger partial charge >= 0.3 is 5.97 Å². The molecule has 2 rings (SSSR count). The molecule has 0 atom stereocenters. The summed E-state index contributed by atoms with van der Waals surface area (Å²) < 4.78 is 5.49. The molecule has 32 heavy (non-hydrogen) atoms. The zero-order valence-electron chi connectivity index (χ0n) is 20.3. The van der Waals surface area contributed by atoms with Gasteiger partial charge in [0.1, 0.15) is 5.75 Å². The molecule has 0 bridgehead atoms. The highest BCUT2D eigenvalue weighted by Crippen LogP contribution is 2.21. The Morgan fingerprint density at radius 1 is 0.719 bits per heavy atom. The minimum Gasteiger partial charge on any atom is -0.427 e. The number of hydrogen-bond donors (Lipinski definition) is 0. The van der Waals surface area contributed by atoms with Gasteiger partial charge in [-0.25, -0.2) is 0 Å². The van der Waals surface area contributed by atoms with E-state index in [0.29, 0.717) is 12.2 Å². The summed E-state index contributed by atoms with van der Waals surface area (Å²) in [6.07, 6.45) is 21.5. The van der Waals surface area contributed by atoms with Crippen LogP contribution in [0.15, 0.2) is 36.7 Å². The van der Waals surface area contributed by atoms with Crippen LogP contribution in [0.2, 0.25) is 0 Å². The lowest BCUT2D eigenvalue weighted by atomic mass is 10.1. The molecule has 0 radical (unpaired) electrons. The standard InChI is InChI=1S/C28H42N2O2/c1-3-5-7-8-9-10-11-12-13-14-15-17-28(31)32-26-20-18-24(19-21-26)27-23-29-25(22-30-27)16-6-4-2/h18-23H,3-17H2,1-2H3. The number of aromatic nitrogens is 2. The molecule has 4 heteroatoms. The molecule has 0 saturated heterocycles. The summed E-state index contributed by atoms with van der Waals surface area (Å²) in [7, 11) is 0. The predicted octanol–water partition coefficient (Wildman–Crippen LogP) is 8.09. The van der Waals surface area contributed by atoms with Gasteiger partial charge in [-0.1, -0.05) is 84.5 Å². The van der Waals surface area contributed by atoms with Crippen molar-refractivity contribution < 1.29 is 9.53 Å². The van der Waals surface area contributed by atoms with E-state index in [-0.39, 0.29) is 5.97 Å². The Hall–Kier alpha value is -2.23. The van der Waals surface area contributed by atoms with Crippen molar-refractivity contribution in [3.8, 4) is 17.0 Å². The van der Waals surface area contributed by atoms with Crippen molar-refractivity contribution >= 4 is 5.97 Å². The molecule has 0 fully saturated rings. The van der Waals surface area contributed by atoms with E-state index in [1.165, 1.54) is 57.8 Å². The molecule has 0 aliphatic heterocycles. The van der Waals surface area contributed by atoms with Crippen molar-refractivity contribution in [1.29, 1.82) is 0 Å². The van der Waals surface area contributed by atoms with Crippen molar-refractivity contribution in [3.63, 3.8) is 0 Å². The summed E-state index contributed by atoms with van der Waals surface area (Å²) in [5.74, 6) is 0.447. The monoisotopic (exact) mass is 438 g/mol. The van der Waals surface area contributed by atoms with Crippen molar-refractivity contribution in [3.05, 3.63) is 42.4 Å². The largest absolute Gasteiger partial charge is 0.427 e. The normalized spacial score (nSPS) is 10.9. The summed E-state index contributed by atoms with van der Waals surface area (Å²) in [6.45, 7) is 4.43. The number of benzene rings is 1. The molecule has 0 aliphatic rings. The first-order chi connectivity index (χ1) is 15.7. The molecule has 0 unspecified atom stereocenters. The van der Waals surface area contributed by atoms with Gasteiger partial charge in [0.25, 0.3) is 0 Å². The Bertz CT molecular complexity index is 741. The van der Waals surface area contributed by atoms with Crippen LogP contribution < -0.4 is 4.74 Å². The second-order valence-electron chi connectivity index (χ2n) is 8.78. The van der Waals surface area contributed by atoms with Gasteiger partial charge in [0.05, 0.1) is 17.6 Å². The second kappa shape index (κ2) is 16.4. The summed E-state index contributed by atoms with van der Waals surface area (Å²) in [6, 6.07) is 7.53. The molecule has 2 aromatic rings. The van der Waals surface area contributed by atoms with Gasteiger partial charge in [-0.15, -0.1) is 0 Å². The third kappa shape index (κ3) is 10.9. The number of rotatable bonds is 17. The zero-order valence-corrected chi connectivity index (χ0v) is 20.3. The van der Waals surface area contributed by atoms with E-state index in [4.69, 9.17) is 4.74 Å². The maximum absolute atomic E-state index is 12.1. The third-order valence-corrected chi connectivity index (χ3v) is 5.86. The Kier molecular flexibility index (Phi) is 13.3. The fourth-order valence-corrected chi connectivity index (χ4v) is 3.80. The molecule has 1 aromatic heterocycles. The first-order valence-electron chi connectivity index (χ1n) is 12.8. The fraction of sp³-hybridized carbons (Fsp3) is 0.607. The number of nitrogens with zero attached hydrogens (tertiary/aromatic N) is 2. The molecule has 0 amide bonds. The SMILES string of the molecule is CCCCCCCCCCCCCC(=O)Oc1ccc(-c2cnc(CCCC)cn2)cc1. The van der Waals surface area contributed by atoms with Crippen LogP contribution in [-0.4, -0.2) is 15.9 Å². The van der Waals surface area contributed by atoms with E-state index < -0.39 is 0 Å². The topological polar surface area (TPSA) is 52.1 Å². The molecule has 0 N–H and O–H groups in total. The number of unbranched alkanes of at least 4 members (excludes halogenated alkanes) is 11. The van der Waals surface area contributed by atoms with Crippen LogP contribution in [0, 0.1) is 0 Å². The van der Waals surface area contributed by atoms with Gasteiger partial charge in [0, 0.05) is 18.2 Å². The Morgan fingerprint density at radius 2 is 1.31 bits per heavy atom. The van der Waals surface area contributed by atoms with Crippen LogP contribution in [-0.2, 0) is 11.2 Å². The molecule has 176 valence electrons. The minimum atomic E-state index is -0.145. The van der Waals surface area contributed by atoms with Gasteiger partial charge in [0.15, 0.2) is 0 Å². The van der Waals surface area contributed by atoms with Crippen LogP contribution in [0.3, 0.4) is 0 Å². The number of esters is 1. The van der Waals surface area contributed by atoms with Crippen molar-refractivity contribution in [1.82, 2.24) is 9.97 Å². The lowest BCUT2D eigenvalue weighted by Crippen LogP contribution is -2.07. The van der Waals surface area contributed by atoms with E-state index in [9.17, 15) is 4.79 Å². The molecule has 1 heterocycles. The highest BCUT2D eigenvalue weighted by molar-refractivity contribution is 5.72. The summed E-state index contributed by atoms with van der Waals surface area (Å²) in [4.78, 5) is 21.1.